The summed E-state index contributed by atoms with van der Waals surface area (Å²) in [5.74, 6) is -3.60. The van der Waals surface area contributed by atoms with Crippen molar-refractivity contribution < 1.29 is 24.6 Å². The van der Waals surface area contributed by atoms with Crippen LogP contribution in [0.3, 0.4) is 0 Å². The van der Waals surface area contributed by atoms with Gasteiger partial charge in [0.05, 0.1) is 4.88 Å². The Balaban J connectivity index is 0.000000450. The van der Waals surface area contributed by atoms with Gasteiger partial charge < -0.3 is 20.8 Å². The summed E-state index contributed by atoms with van der Waals surface area (Å²) in [6.45, 7) is 1.59. The maximum Gasteiger partial charge on any atom is 0.414 e. The van der Waals surface area contributed by atoms with E-state index < -0.39 is 11.9 Å². The van der Waals surface area contributed by atoms with Gasteiger partial charge in [0, 0.05) is 19.1 Å². The molecule has 8 heteroatoms. The number of nitrogens with one attached hydrogen (secondary N) is 2. The van der Waals surface area contributed by atoms with E-state index in [9.17, 15) is 4.79 Å². The van der Waals surface area contributed by atoms with E-state index in [1.165, 1.54) is 56.3 Å². The van der Waals surface area contributed by atoms with Crippen molar-refractivity contribution in [1.29, 1.82) is 0 Å². The van der Waals surface area contributed by atoms with Crippen molar-refractivity contribution >= 4 is 29.2 Å². The van der Waals surface area contributed by atoms with Crippen LogP contribution in [-0.4, -0.2) is 47.2 Å². The minimum atomic E-state index is -1.82. The molecule has 1 aliphatic carbocycles. The molecule has 140 valence electrons. The quantitative estimate of drug-likeness (QED) is 0.467. The van der Waals surface area contributed by atoms with Crippen LogP contribution in [0.1, 0.15) is 54.6 Å². The highest BCUT2D eigenvalue weighted by atomic mass is 32.1. The Bertz CT molecular complexity index is 513. The standard InChI is InChI=1S/C15H24N2OS.C2H2O4/c18-15(14-9-6-12-19-14)17-11-10-16-13-7-4-2-1-3-5-8-13;3-1(4)2(5)6/h6,9,12-13,16H,1-5,7-8,10-11H2,(H,17,18);(H,3,4)(H,5,6). The number of carboxylic acid groups (broad SMARTS) is 2. The first-order chi connectivity index (χ1) is 12.0. The summed E-state index contributed by atoms with van der Waals surface area (Å²) < 4.78 is 0. The maximum atomic E-state index is 11.7. The number of aliphatic carboxylic acids is 2. The molecule has 0 spiro atoms. The summed E-state index contributed by atoms with van der Waals surface area (Å²) in [5, 5.41) is 23.3. The van der Waals surface area contributed by atoms with Crippen LogP contribution in [0.4, 0.5) is 0 Å². The van der Waals surface area contributed by atoms with Gasteiger partial charge in [-0.05, 0) is 24.3 Å². The van der Waals surface area contributed by atoms with Crippen LogP contribution in [0.15, 0.2) is 17.5 Å². The smallest absolute Gasteiger partial charge is 0.414 e. The molecule has 0 saturated heterocycles. The van der Waals surface area contributed by atoms with Crippen LogP contribution in [0.2, 0.25) is 0 Å². The van der Waals surface area contributed by atoms with Crippen molar-refractivity contribution in [2.75, 3.05) is 13.1 Å². The molecule has 1 fully saturated rings. The van der Waals surface area contributed by atoms with E-state index in [4.69, 9.17) is 19.8 Å². The molecule has 7 nitrogen and oxygen atoms in total. The molecule has 0 unspecified atom stereocenters. The molecule has 2 rings (SSSR count). The van der Waals surface area contributed by atoms with Crippen molar-refractivity contribution in [1.82, 2.24) is 10.6 Å². The lowest BCUT2D eigenvalue weighted by atomic mass is 9.97. The van der Waals surface area contributed by atoms with Gasteiger partial charge in [-0.2, -0.15) is 0 Å². The second kappa shape index (κ2) is 12.4. The van der Waals surface area contributed by atoms with Crippen LogP contribution in [0.5, 0.6) is 0 Å². The van der Waals surface area contributed by atoms with Gasteiger partial charge in [0.15, 0.2) is 0 Å². The number of carboxylic acids is 2. The predicted molar refractivity (Wildman–Crippen MR) is 96.0 cm³/mol. The molecule has 1 aromatic heterocycles. The molecule has 1 heterocycles. The van der Waals surface area contributed by atoms with E-state index in [2.05, 4.69) is 10.6 Å². The number of carbonyl (C=O) groups excluding carboxylic acids is 1. The monoisotopic (exact) mass is 370 g/mol. The lowest BCUT2D eigenvalue weighted by Crippen LogP contribution is -2.37. The van der Waals surface area contributed by atoms with Gasteiger partial charge in [-0.15, -0.1) is 11.3 Å². The Morgan fingerprint density at radius 2 is 1.60 bits per heavy atom. The Kier molecular flexibility index (Phi) is 10.5. The SMILES string of the molecule is O=C(NCCNC1CCCCCCC1)c1cccs1.O=C(O)C(=O)O. The zero-order valence-corrected chi connectivity index (χ0v) is 15.0. The molecule has 0 aromatic carbocycles. The zero-order chi connectivity index (χ0) is 18.5. The predicted octanol–water partition coefficient (Wildman–Crippen LogP) is 2.34. The first kappa shape index (κ1) is 21.1. The molecule has 0 atom stereocenters. The highest BCUT2D eigenvalue weighted by Crippen LogP contribution is 2.16. The maximum absolute atomic E-state index is 11.7. The molecule has 0 aliphatic heterocycles. The van der Waals surface area contributed by atoms with Gasteiger partial charge in [0.1, 0.15) is 0 Å². The molecule has 4 N–H and O–H groups in total. The van der Waals surface area contributed by atoms with Gasteiger partial charge in [0.2, 0.25) is 0 Å². The summed E-state index contributed by atoms with van der Waals surface area (Å²) in [6, 6.07) is 4.42. The van der Waals surface area contributed by atoms with Crippen LogP contribution >= 0.6 is 11.3 Å². The average molecular weight is 370 g/mol. The Morgan fingerprint density at radius 3 is 2.12 bits per heavy atom. The van der Waals surface area contributed by atoms with Crippen molar-refractivity contribution in [3.8, 4) is 0 Å². The molecule has 1 amide bonds. The summed E-state index contributed by atoms with van der Waals surface area (Å²) >= 11 is 1.49. The van der Waals surface area contributed by atoms with E-state index in [1.807, 2.05) is 17.5 Å². The topological polar surface area (TPSA) is 116 Å². The van der Waals surface area contributed by atoms with Crippen molar-refractivity contribution in [3.63, 3.8) is 0 Å². The van der Waals surface area contributed by atoms with Gasteiger partial charge in [0.25, 0.3) is 5.91 Å². The molecular weight excluding hydrogens is 344 g/mol. The van der Waals surface area contributed by atoms with E-state index in [0.29, 0.717) is 12.6 Å². The van der Waals surface area contributed by atoms with Crippen molar-refractivity contribution in [2.45, 2.75) is 51.0 Å². The first-order valence-corrected chi connectivity index (χ1v) is 9.40. The zero-order valence-electron chi connectivity index (χ0n) is 14.2. The molecule has 0 bridgehead atoms. The van der Waals surface area contributed by atoms with Gasteiger partial charge in [-0.1, -0.05) is 38.2 Å². The van der Waals surface area contributed by atoms with Crippen molar-refractivity contribution in [3.05, 3.63) is 22.4 Å². The van der Waals surface area contributed by atoms with Crippen molar-refractivity contribution in [2.24, 2.45) is 0 Å². The normalized spacial score (nSPS) is 15.2. The fourth-order valence-corrected chi connectivity index (χ4v) is 3.25. The highest BCUT2D eigenvalue weighted by molar-refractivity contribution is 7.12. The van der Waals surface area contributed by atoms with Crippen LogP contribution in [-0.2, 0) is 9.59 Å². The van der Waals surface area contributed by atoms with E-state index in [0.717, 1.165) is 11.4 Å². The third kappa shape index (κ3) is 9.83. The third-order valence-corrected chi connectivity index (χ3v) is 4.75. The van der Waals surface area contributed by atoms with E-state index in [-0.39, 0.29) is 5.91 Å². The summed E-state index contributed by atoms with van der Waals surface area (Å²) in [5.41, 5.74) is 0. The molecule has 1 aliphatic rings. The number of thiophene rings is 1. The molecular formula is C17H26N2O5S. The number of hydrogen-bond donors (Lipinski definition) is 4. The Hall–Kier alpha value is -1.93. The third-order valence-electron chi connectivity index (χ3n) is 3.88. The van der Waals surface area contributed by atoms with Gasteiger partial charge >= 0.3 is 11.9 Å². The average Bonchev–Trinajstić information content (AvgIpc) is 3.07. The van der Waals surface area contributed by atoms with Crippen LogP contribution < -0.4 is 10.6 Å². The molecule has 1 saturated carbocycles. The molecule has 25 heavy (non-hydrogen) atoms. The second-order valence-electron chi connectivity index (χ2n) is 5.84. The minimum absolute atomic E-state index is 0.0504. The Labute approximate surface area is 151 Å². The summed E-state index contributed by atoms with van der Waals surface area (Å²) in [7, 11) is 0. The minimum Gasteiger partial charge on any atom is -0.473 e. The van der Waals surface area contributed by atoms with Crippen LogP contribution in [0.25, 0.3) is 0 Å². The van der Waals surface area contributed by atoms with Crippen LogP contribution in [0, 0.1) is 0 Å². The largest absolute Gasteiger partial charge is 0.473 e. The first-order valence-electron chi connectivity index (χ1n) is 8.52. The molecule has 1 aromatic rings. The summed E-state index contributed by atoms with van der Waals surface area (Å²) in [4.78, 5) is 30.7. The fourth-order valence-electron chi connectivity index (χ4n) is 2.61. The molecule has 0 radical (unpaired) electrons. The van der Waals surface area contributed by atoms with E-state index >= 15 is 0 Å². The lowest BCUT2D eigenvalue weighted by Gasteiger charge is -2.21. The fraction of sp³-hybridized carbons (Fsp3) is 0.588. The number of hydrogen-bond acceptors (Lipinski definition) is 5. The number of carbonyl (C=O) groups is 3. The van der Waals surface area contributed by atoms with E-state index in [1.54, 1.807) is 0 Å². The summed E-state index contributed by atoms with van der Waals surface area (Å²) in [6.07, 6.45) is 9.44. The van der Waals surface area contributed by atoms with Gasteiger partial charge in [-0.25, -0.2) is 9.59 Å². The Morgan fingerprint density at radius 1 is 1.00 bits per heavy atom. The number of amides is 1. The lowest BCUT2D eigenvalue weighted by molar-refractivity contribution is -0.159. The van der Waals surface area contributed by atoms with Gasteiger partial charge in [-0.3, -0.25) is 4.79 Å². The highest BCUT2D eigenvalue weighted by Gasteiger charge is 2.10. The number of rotatable bonds is 5. The second-order valence-corrected chi connectivity index (χ2v) is 6.79.